The molecule has 1 aromatic carbocycles. The first-order valence-corrected chi connectivity index (χ1v) is 10.9. The van der Waals surface area contributed by atoms with Gasteiger partial charge in [-0.15, -0.1) is 0 Å². The van der Waals surface area contributed by atoms with Gasteiger partial charge in [-0.05, 0) is 56.4 Å². The highest BCUT2D eigenvalue weighted by Gasteiger charge is 2.21. The Labute approximate surface area is 181 Å². The largest absolute Gasteiger partial charge is 0.488 e. The molecule has 5 rings (SSSR count). The molecule has 156 valence electrons. The third-order valence-electron chi connectivity index (χ3n) is 5.75. The topological polar surface area (TPSA) is 56.2 Å². The molecule has 2 aromatic heterocycles. The zero-order valence-corrected chi connectivity index (χ0v) is 17.3. The fourth-order valence-corrected chi connectivity index (χ4v) is 4.27. The third-order valence-corrected chi connectivity index (χ3v) is 5.75. The van der Waals surface area contributed by atoms with Crippen molar-refractivity contribution in [3.8, 4) is 5.75 Å². The SMILES string of the molecule is O=c1cc(Nc2ccccc2)n(C2=CC=CCC=C2)c2cncc(OC3CCCC3)c12. The van der Waals surface area contributed by atoms with Crippen molar-refractivity contribution in [1.82, 2.24) is 9.55 Å². The van der Waals surface area contributed by atoms with Gasteiger partial charge in [0.2, 0.25) is 0 Å². The van der Waals surface area contributed by atoms with E-state index in [0.717, 1.165) is 36.2 Å². The van der Waals surface area contributed by atoms with Crippen molar-refractivity contribution in [2.24, 2.45) is 0 Å². The van der Waals surface area contributed by atoms with E-state index in [-0.39, 0.29) is 11.5 Å². The van der Waals surface area contributed by atoms with E-state index >= 15 is 0 Å². The lowest BCUT2D eigenvalue weighted by Crippen LogP contribution is -2.17. The van der Waals surface area contributed by atoms with Crippen LogP contribution in [0.5, 0.6) is 5.75 Å². The maximum atomic E-state index is 13.3. The van der Waals surface area contributed by atoms with Crippen LogP contribution in [0.2, 0.25) is 0 Å². The van der Waals surface area contributed by atoms with E-state index in [1.165, 1.54) is 12.8 Å². The minimum Gasteiger partial charge on any atom is -0.488 e. The van der Waals surface area contributed by atoms with Crippen LogP contribution in [0.15, 0.2) is 84.0 Å². The molecule has 0 atom stereocenters. The molecule has 0 bridgehead atoms. The molecule has 0 saturated heterocycles. The van der Waals surface area contributed by atoms with Gasteiger partial charge in [0.05, 0.1) is 29.4 Å². The van der Waals surface area contributed by atoms with Crippen LogP contribution in [0.3, 0.4) is 0 Å². The van der Waals surface area contributed by atoms with E-state index < -0.39 is 0 Å². The van der Waals surface area contributed by atoms with Crippen LogP contribution >= 0.6 is 0 Å². The average Bonchev–Trinajstić information content (AvgIpc) is 3.15. The molecule has 0 amide bonds. The number of aromatic nitrogens is 2. The Morgan fingerprint density at radius 1 is 1.06 bits per heavy atom. The molecule has 0 unspecified atom stereocenters. The second kappa shape index (κ2) is 8.64. The highest BCUT2D eigenvalue weighted by Crippen LogP contribution is 2.32. The summed E-state index contributed by atoms with van der Waals surface area (Å²) in [5.41, 5.74) is 2.52. The Hall–Kier alpha value is -3.60. The first kappa shape index (κ1) is 19.4. The van der Waals surface area contributed by atoms with Gasteiger partial charge in [-0.2, -0.15) is 0 Å². The minimum atomic E-state index is -0.0752. The number of para-hydroxylation sites is 1. The first-order valence-electron chi connectivity index (χ1n) is 10.9. The predicted molar refractivity (Wildman–Crippen MR) is 126 cm³/mol. The van der Waals surface area contributed by atoms with Crippen LogP contribution in [0.4, 0.5) is 11.5 Å². The Kier molecular flexibility index (Phi) is 5.40. The van der Waals surface area contributed by atoms with Gasteiger partial charge in [-0.25, -0.2) is 0 Å². The fraction of sp³-hybridized carbons (Fsp3) is 0.231. The summed E-state index contributed by atoms with van der Waals surface area (Å²) in [6, 6.07) is 11.5. The average molecular weight is 412 g/mol. The zero-order chi connectivity index (χ0) is 21.0. The standard InChI is InChI=1S/C26H25N3O2/c30-23-16-25(28-19-10-4-3-5-11-19)29(20-12-6-1-2-7-13-20)22-17-27-18-24(26(22)23)31-21-14-8-9-15-21/h1,3-7,10-13,16-18,21,28H,2,8-9,14-15H2. The zero-order valence-electron chi connectivity index (χ0n) is 17.3. The van der Waals surface area contributed by atoms with E-state index in [9.17, 15) is 4.79 Å². The van der Waals surface area contributed by atoms with E-state index in [1.807, 2.05) is 47.1 Å². The molecular weight excluding hydrogens is 386 g/mol. The lowest BCUT2D eigenvalue weighted by Gasteiger charge is -2.20. The summed E-state index contributed by atoms with van der Waals surface area (Å²) in [4.78, 5) is 17.7. The van der Waals surface area contributed by atoms with Crippen molar-refractivity contribution in [2.45, 2.75) is 38.2 Å². The van der Waals surface area contributed by atoms with Crippen LogP contribution in [0.1, 0.15) is 32.1 Å². The fourth-order valence-electron chi connectivity index (χ4n) is 4.27. The molecule has 1 fully saturated rings. The number of benzene rings is 1. The first-order chi connectivity index (χ1) is 15.3. The molecule has 3 aromatic rings. The number of ether oxygens (including phenoxy) is 1. The Balaban J connectivity index is 1.70. The van der Waals surface area contributed by atoms with E-state index in [4.69, 9.17) is 4.74 Å². The van der Waals surface area contributed by atoms with Crippen molar-refractivity contribution >= 4 is 28.1 Å². The maximum absolute atomic E-state index is 13.3. The van der Waals surface area contributed by atoms with Crippen molar-refractivity contribution in [1.29, 1.82) is 0 Å². The monoisotopic (exact) mass is 411 g/mol. The van der Waals surface area contributed by atoms with Gasteiger partial charge in [-0.3, -0.25) is 14.3 Å². The van der Waals surface area contributed by atoms with Crippen molar-refractivity contribution in [3.05, 3.63) is 89.4 Å². The summed E-state index contributed by atoms with van der Waals surface area (Å²) in [7, 11) is 0. The second-order valence-corrected chi connectivity index (χ2v) is 7.93. The smallest absolute Gasteiger partial charge is 0.195 e. The minimum absolute atomic E-state index is 0.0752. The maximum Gasteiger partial charge on any atom is 0.195 e. The molecule has 5 nitrogen and oxygen atoms in total. The summed E-state index contributed by atoms with van der Waals surface area (Å²) >= 11 is 0. The number of rotatable bonds is 5. The van der Waals surface area contributed by atoms with Gasteiger partial charge in [0.25, 0.3) is 0 Å². The van der Waals surface area contributed by atoms with Gasteiger partial charge in [0.1, 0.15) is 5.82 Å². The summed E-state index contributed by atoms with van der Waals surface area (Å²) in [5, 5.41) is 3.98. The van der Waals surface area contributed by atoms with Gasteiger partial charge < -0.3 is 10.1 Å². The summed E-state index contributed by atoms with van der Waals surface area (Å²) < 4.78 is 8.29. The normalized spacial score (nSPS) is 16.3. The van der Waals surface area contributed by atoms with E-state index in [0.29, 0.717) is 17.0 Å². The molecule has 31 heavy (non-hydrogen) atoms. The number of pyridine rings is 2. The van der Waals surface area contributed by atoms with E-state index in [1.54, 1.807) is 18.5 Å². The Morgan fingerprint density at radius 3 is 2.74 bits per heavy atom. The van der Waals surface area contributed by atoms with Crippen molar-refractivity contribution in [3.63, 3.8) is 0 Å². The molecule has 2 heterocycles. The van der Waals surface area contributed by atoms with Crippen LogP contribution in [-0.2, 0) is 0 Å². The van der Waals surface area contributed by atoms with Gasteiger partial charge >= 0.3 is 0 Å². The third kappa shape index (κ3) is 4.04. The number of nitrogens with one attached hydrogen (secondary N) is 1. The van der Waals surface area contributed by atoms with Crippen molar-refractivity contribution < 1.29 is 4.74 Å². The number of anilines is 2. The number of hydrogen-bond donors (Lipinski definition) is 1. The van der Waals surface area contributed by atoms with Crippen LogP contribution in [-0.4, -0.2) is 15.7 Å². The highest BCUT2D eigenvalue weighted by molar-refractivity contribution is 5.90. The highest BCUT2D eigenvalue weighted by atomic mass is 16.5. The summed E-state index contributed by atoms with van der Waals surface area (Å²) in [6.45, 7) is 0. The molecule has 2 aliphatic carbocycles. The number of allylic oxidation sites excluding steroid dienone is 6. The van der Waals surface area contributed by atoms with Gasteiger partial charge in [-0.1, -0.05) is 36.4 Å². The number of fused-ring (bicyclic) bond motifs is 1. The Morgan fingerprint density at radius 2 is 1.90 bits per heavy atom. The molecule has 2 aliphatic rings. The van der Waals surface area contributed by atoms with Gasteiger partial charge in [0.15, 0.2) is 11.2 Å². The molecule has 1 saturated carbocycles. The molecule has 5 heteroatoms. The van der Waals surface area contributed by atoms with E-state index in [2.05, 4.69) is 28.5 Å². The van der Waals surface area contributed by atoms with Crippen LogP contribution < -0.4 is 15.5 Å². The molecular formula is C26H25N3O2. The number of nitrogens with zero attached hydrogens (tertiary/aromatic N) is 2. The van der Waals surface area contributed by atoms with Crippen LogP contribution in [0.25, 0.3) is 16.6 Å². The molecule has 1 N–H and O–H groups in total. The molecule has 0 spiro atoms. The summed E-state index contributed by atoms with van der Waals surface area (Å²) in [6.07, 6.45) is 19.2. The van der Waals surface area contributed by atoms with Crippen molar-refractivity contribution in [2.75, 3.05) is 5.32 Å². The molecule has 0 radical (unpaired) electrons. The lowest BCUT2D eigenvalue weighted by molar-refractivity contribution is 0.212. The number of hydrogen-bond acceptors (Lipinski definition) is 4. The Bertz CT molecular complexity index is 1230. The lowest BCUT2D eigenvalue weighted by atomic mass is 10.2. The quantitative estimate of drug-likeness (QED) is 0.575. The van der Waals surface area contributed by atoms with Crippen LogP contribution in [0, 0.1) is 0 Å². The summed E-state index contributed by atoms with van der Waals surface area (Å²) in [5.74, 6) is 1.26. The van der Waals surface area contributed by atoms with Gasteiger partial charge in [0, 0.05) is 17.5 Å². The second-order valence-electron chi connectivity index (χ2n) is 7.93. The molecule has 0 aliphatic heterocycles. The predicted octanol–water partition coefficient (Wildman–Crippen LogP) is 5.82.